The van der Waals surface area contributed by atoms with Gasteiger partial charge in [-0.2, -0.15) is 0 Å². The number of aromatic nitrogens is 4. The molecule has 1 saturated heterocycles. The van der Waals surface area contributed by atoms with Crippen molar-refractivity contribution in [1.82, 2.24) is 19.5 Å². The third kappa shape index (κ3) is 2.51. The Labute approximate surface area is 149 Å². The lowest BCUT2D eigenvalue weighted by Gasteiger charge is -2.24. The van der Waals surface area contributed by atoms with Crippen LogP contribution in [0.2, 0.25) is 0 Å². The Kier molecular flexibility index (Phi) is 3.58. The number of rotatable bonds is 1. The molecule has 0 saturated carbocycles. The largest absolute Gasteiger partial charge is 0.347 e. The van der Waals surface area contributed by atoms with Crippen LogP contribution in [0.15, 0.2) is 41.7 Å². The van der Waals surface area contributed by atoms with E-state index in [4.69, 9.17) is 14.5 Å². The van der Waals surface area contributed by atoms with Crippen LogP contribution in [0.5, 0.6) is 0 Å². The van der Waals surface area contributed by atoms with Gasteiger partial charge in [-0.25, -0.2) is 15.0 Å². The lowest BCUT2D eigenvalue weighted by molar-refractivity contribution is -0.165. The third-order valence-electron chi connectivity index (χ3n) is 5.19. The molecule has 0 bridgehead atoms. The fraction of sp³-hybridized carbons (Fsp3) is 0.368. The molecule has 2 aliphatic rings. The molecule has 26 heavy (non-hydrogen) atoms. The van der Waals surface area contributed by atoms with Crippen LogP contribution < -0.4 is 5.56 Å². The Bertz CT molecular complexity index is 1030. The second kappa shape index (κ2) is 5.96. The normalized spacial score (nSPS) is 18.8. The SMILES string of the molecule is O=c1c2ccc(-c3cncnc3)cc2nc2n1CCC1(CC2)OCCO1. The molecule has 7 heteroatoms. The van der Waals surface area contributed by atoms with Crippen LogP contribution in [0.25, 0.3) is 22.0 Å². The fourth-order valence-electron chi connectivity index (χ4n) is 3.81. The molecule has 0 atom stereocenters. The molecule has 132 valence electrons. The van der Waals surface area contributed by atoms with Gasteiger partial charge in [0.05, 0.1) is 24.1 Å². The predicted molar refractivity (Wildman–Crippen MR) is 94.6 cm³/mol. The molecule has 0 amide bonds. The molecule has 1 fully saturated rings. The predicted octanol–water partition coefficient (Wildman–Crippen LogP) is 1.93. The Morgan fingerprint density at radius 2 is 1.85 bits per heavy atom. The van der Waals surface area contributed by atoms with Crippen molar-refractivity contribution < 1.29 is 9.47 Å². The first kappa shape index (κ1) is 15.6. The van der Waals surface area contributed by atoms with Crippen molar-refractivity contribution in [3.63, 3.8) is 0 Å². The molecule has 0 N–H and O–H groups in total. The Balaban J connectivity index is 1.60. The summed E-state index contributed by atoms with van der Waals surface area (Å²) in [6.45, 7) is 1.79. The molecule has 3 aromatic rings. The molecule has 7 nitrogen and oxygen atoms in total. The maximum absolute atomic E-state index is 13.0. The Hall–Kier alpha value is -2.64. The van der Waals surface area contributed by atoms with Crippen molar-refractivity contribution in [2.24, 2.45) is 0 Å². The average Bonchev–Trinajstić information content (AvgIpc) is 3.07. The minimum Gasteiger partial charge on any atom is -0.347 e. The first-order chi connectivity index (χ1) is 12.7. The summed E-state index contributed by atoms with van der Waals surface area (Å²) in [4.78, 5) is 25.9. The zero-order valence-corrected chi connectivity index (χ0v) is 14.2. The van der Waals surface area contributed by atoms with Crippen molar-refractivity contribution in [2.75, 3.05) is 13.2 Å². The van der Waals surface area contributed by atoms with Gasteiger partial charge in [-0.05, 0) is 17.7 Å². The maximum Gasteiger partial charge on any atom is 0.261 e. The van der Waals surface area contributed by atoms with Gasteiger partial charge < -0.3 is 9.47 Å². The lowest BCUT2D eigenvalue weighted by atomic mass is 10.1. The third-order valence-corrected chi connectivity index (χ3v) is 5.19. The van der Waals surface area contributed by atoms with Crippen LogP contribution >= 0.6 is 0 Å². The Morgan fingerprint density at radius 3 is 2.65 bits per heavy atom. The number of ether oxygens (including phenoxy) is 2. The van der Waals surface area contributed by atoms with Gasteiger partial charge >= 0.3 is 0 Å². The van der Waals surface area contributed by atoms with Crippen LogP contribution in [0, 0.1) is 0 Å². The minimum atomic E-state index is -0.557. The number of aryl methyl sites for hydroxylation is 1. The molecule has 1 aromatic carbocycles. The molecule has 5 rings (SSSR count). The van der Waals surface area contributed by atoms with Gasteiger partial charge in [-0.3, -0.25) is 9.36 Å². The molecule has 2 aliphatic heterocycles. The van der Waals surface area contributed by atoms with E-state index in [0.29, 0.717) is 43.5 Å². The summed E-state index contributed by atoms with van der Waals surface area (Å²) in [5, 5.41) is 0.624. The zero-order valence-electron chi connectivity index (χ0n) is 14.2. The van der Waals surface area contributed by atoms with Gasteiger partial charge in [0.25, 0.3) is 5.56 Å². The monoisotopic (exact) mass is 350 g/mol. The first-order valence-corrected chi connectivity index (χ1v) is 8.81. The van der Waals surface area contributed by atoms with Crippen LogP contribution in [0.3, 0.4) is 0 Å². The van der Waals surface area contributed by atoms with Gasteiger partial charge in [0.1, 0.15) is 12.2 Å². The van der Waals surface area contributed by atoms with Crippen LogP contribution in [0.1, 0.15) is 18.7 Å². The summed E-state index contributed by atoms with van der Waals surface area (Å²) in [7, 11) is 0. The van der Waals surface area contributed by atoms with E-state index < -0.39 is 5.79 Å². The molecule has 0 radical (unpaired) electrons. The van der Waals surface area contributed by atoms with Gasteiger partial charge in [0.2, 0.25) is 0 Å². The van der Waals surface area contributed by atoms with Crippen LogP contribution in [-0.4, -0.2) is 38.5 Å². The minimum absolute atomic E-state index is 0.00379. The number of hydrogen-bond donors (Lipinski definition) is 0. The molecular weight excluding hydrogens is 332 g/mol. The van der Waals surface area contributed by atoms with Crippen molar-refractivity contribution >= 4 is 10.9 Å². The van der Waals surface area contributed by atoms with Gasteiger partial charge in [0, 0.05) is 43.8 Å². The van der Waals surface area contributed by atoms with Crippen LogP contribution in [-0.2, 0) is 22.4 Å². The van der Waals surface area contributed by atoms with E-state index in [2.05, 4.69) is 9.97 Å². The van der Waals surface area contributed by atoms with Crippen molar-refractivity contribution in [1.29, 1.82) is 0 Å². The van der Waals surface area contributed by atoms with Crippen molar-refractivity contribution in [3.05, 3.63) is 53.1 Å². The van der Waals surface area contributed by atoms with E-state index in [9.17, 15) is 4.79 Å². The fourth-order valence-corrected chi connectivity index (χ4v) is 3.81. The summed E-state index contributed by atoms with van der Waals surface area (Å²) < 4.78 is 13.4. The highest BCUT2D eigenvalue weighted by Gasteiger charge is 2.38. The number of fused-ring (bicyclic) bond motifs is 2. The molecule has 0 aliphatic carbocycles. The molecular formula is C19H18N4O3. The quantitative estimate of drug-likeness (QED) is 0.667. The van der Waals surface area contributed by atoms with Gasteiger partial charge in [-0.1, -0.05) is 6.07 Å². The highest BCUT2D eigenvalue weighted by molar-refractivity contribution is 5.83. The number of nitrogens with zero attached hydrogens (tertiary/aromatic N) is 4. The van der Waals surface area contributed by atoms with Crippen molar-refractivity contribution in [2.45, 2.75) is 31.6 Å². The van der Waals surface area contributed by atoms with Crippen LogP contribution in [0.4, 0.5) is 0 Å². The lowest BCUT2D eigenvalue weighted by Crippen LogP contribution is -2.31. The second-order valence-electron chi connectivity index (χ2n) is 6.70. The van der Waals surface area contributed by atoms with E-state index in [0.717, 1.165) is 23.4 Å². The zero-order chi connectivity index (χ0) is 17.6. The second-order valence-corrected chi connectivity index (χ2v) is 6.70. The summed E-state index contributed by atoms with van der Waals surface area (Å²) >= 11 is 0. The number of hydrogen-bond acceptors (Lipinski definition) is 6. The van der Waals surface area contributed by atoms with Gasteiger partial charge in [0.15, 0.2) is 5.79 Å². The molecule has 1 spiro atoms. The highest BCUT2D eigenvalue weighted by Crippen LogP contribution is 2.32. The smallest absolute Gasteiger partial charge is 0.261 e. The number of benzene rings is 1. The van der Waals surface area contributed by atoms with Crippen molar-refractivity contribution in [3.8, 4) is 11.1 Å². The topological polar surface area (TPSA) is 79.1 Å². The summed E-state index contributed by atoms with van der Waals surface area (Å²) in [5.41, 5.74) is 2.54. The first-order valence-electron chi connectivity index (χ1n) is 8.81. The summed E-state index contributed by atoms with van der Waals surface area (Å²) in [6, 6.07) is 5.68. The molecule has 0 unspecified atom stereocenters. The van der Waals surface area contributed by atoms with E-state index in [1.165, 1.54) is 6.33 Å². The highest BCUT2D eigenvalue weighted by atomic mass is 16.7. The standard InChI is InChI=1S/C19H18N4O3/c24-18-15-2-1-13(14-10-20-12-21-11-14)9-16(15)22-17-3-4-19(5-6-23(17)18)25-7-8-26-19/h1-2,9-12H,3-8H2. The van der Waals surface area contributed by atoms with E-state index in [1.807, 2.05) is 18.2 Å². The molecule has 4 heterocycles. The van der Waals surface area contributed by atoms with E-state index in [-0.39, 0.29) is 5.56 Å². The van der Waals surface area contributed by atoms with E-state index >= 15 is 0 Å². The maximum atomic E-state index is 13.0. The average molecular weight is 350 g/mol. The molecule has 2 aromatic heterocycles. The summed E-state index contributed by atoms with van der Waals surface area (Å²) in [6.07, 6.45) is 7.05. The van der Waals surface area contributed by atoms with E-state index in [1.54, 1.807) is 17.0 Å². The van der Waals surface area contributed by atoms with Gasteiger partial charge in [-0.15, -0.1) is 0 Å². The summed E-state index contributed by atoms with van der Waals surface area (Å²) in [5.74, 6) is 0.235. The Morgan fingerprint density at radius 1 is 1.04 bits per heavy atom.